The number of amides is 1. The highest BCUT2D eigenvalue weighted by atomic mass is 16.5. The van der Waals surface area contributed by atoms with Gasteiger partial charge >= 0.3 is 0 Å². The molecule has 29 heavy (non-hydrogen) atoms. The van der Waals surface area contributed by atoms with E-state index >= 15 is 0 Å². The highest BCUT2D eigenvalue weighted by Crippen LogP contribution is 2.24. The summed E-state index contributed by atoms with van der Waals surface area (Å²) in [6.07, 6.45) is 6.85. The molecule has 2 aliphatic heterocycles. The maximum atomic E-state index is 12.3. The van der Waals surface area contributed by atoms with Gasteiger partial charge in [-0.15, -0.1) is 0 Å². The highest BCUT2D eigenvalue weighted by Gasteiger charge is 2.24. The van der Waals surface area contributed by atoms with Crippen LogP contribution in [0.1, 0.15) is 29.5 Å². The van der Waals surface area contributed by atoms with Crippen LogP contribution in [0.4, 0.5) is 5.69 Å². The summed E-state index contributed by atoms with van der Waals surface area (Å²) >= 11 is 0. The van der Waals surface area contributed by atoms with Crippen molar-refractivity contribution in [2.75, 3.05) is 32.1 Å². The summed E-state index contributed by atoms with van der Waals surface area (Å²) in [5, 5.41) is 3.02. The van der Waals surface area contributed by atoms with E-state index in [2.05, 4.69) is 46.6 Å². The molecule has 5 heteroatoms. The Morgan fingerprint density at radius 3 is 2.86 bits per heavy atom. The fourth-order valence-electron chi connectivity index (χ4n) is 3.91. The van der Waals surface area contributed by atoms with E-state index in [1.807, 2.05) is 18.2 Å². The van der Waals surface area contributed by atoms with Crippen LogP contribution in [-0.2, 0) is 22.5 Å². The number of methoxy groups -OCH3 is 1. The van der Waals surface area contributed by atoms with E-state index < -0.39 is 0 Å². The molecular formula is C24H28N2O3. The summed E-state index contributed by atoms with van der Waals surface area (Å²) in [6.45, 7) is 3.52. The lowest BCUT2D eigenvalue weighted by Gasteiger charge is -2.28. The second kappa shape index (κ2) is 9.25. The van der Waals surface area contributed by atoms with E-state index in [1.165, 1.54) is 16.7 Å². The van der Waals surface area contributed by atoms with E-state index in [1.54, 1.807) is 7.11 Å². The van der Waals surface area contributed by atoms with Crippen LogP contribution < -0.4 is 10.1 Å². The Hall–Kier alpha value is -2.63. The molecule has 1 amide bonds. The van der Waals surface area contributed by atoms with Gasteiger partial charge in [-0.05, 0) is 60.2 Å². The number of rotatable bonds is 6. The zero-order valence-corrected chi connectivity index (χ0v) is 16.9. The standard InChI is InChI=1S/C24H28N2O3/c1-28-22-10-6-18(7-11-22)4-2-13-26-14-12-19-8-9-21(16-20(19)17-26)25-24(27)23-5-3-15-29-23/h2,4,6-11,16,23H,3,5,12-15,17H2,1H3,(H,25,27)/b4-2+. The van der Waals surface area contributed by atoms with E-state index in [0.717, 1.165) is 50.3 Å². The highest BCUT2D eigenvalue weighted by molar-refractivity contribution is 5.94. The Balaban J connectivity index is 1.34. The van der Waals surface area contributed by atoms with Crippen LogP contribution in [0, 0.1) is 0 Å². The van der Waals surface area contributed by atoms with Crippen molar-refractivity contribution in [3.05, 3.63) is 65.2 Å². The van der Waals surface area contributed by atoms with Crippen molar-refractivity contribution in [1.29, 1.82) is 0 Å². The molecule has 5 nitrogen and oxygen atoms in total. The molecule has 1 atom stereocenters. The van der Waals surface area contributed by atoms with Gasteiger partial charge in [0.2, 0.25) is 0 Å². The molecule has 0 bridgehead atoms. The Morgan fingerprint density at radius 1 is 1.24 bits per heavy atom. The largest absolute Gasteiger partial charge is 0.497 e. The first-order valence-corrected chi connectivity index (χ1v) is 10.3. The summed E-state index contributed by atoms with van der Waals surface area (Å²) < 4.78 is 10.7. The van der Waals surface area contributed by atoms with E-state index in [4.69, 9.17) is 9.47 Å². The van der Waals surface area contributed by atoms with Gasteiger partial charge in [0.05, 0.1) is 7.11 Å². The first kappa shape index (κ1) is 19.7. The molecular weight excluding hydrogens is 364 g/mol. The summed E-state index contributed by atoms with van der Waals surface area (Å²) in [7, 11) is 1.68. The Labute approximate surface area is 172 Å². The SMILES string of the molecule is COc1ccc(/C=C/CN2CCc3ccc(NC(=O)C4CCCO4)cc3C2)cc1. The van der Waals surface area contributed by atoms with Crippen molar-refractivity contribution in [2.24, 2.45) is 0 Å². The molecule has 2 aliphatic rings. The van der Waals surface area contributed by atoms with Crippen molar-refractivity contribution in [2.45, 2.75) is 31.9 Å². The first-order valence-electron chi connectivity index (χ1n) is 10.3. The van der Waals surface area contributed by atoms with Crippen LogP contribution in [0.2, 0.25) is 0 Å². The van der Waals surface area contributed by atoms with Crippen molar-refractivity contribution in [1.82, 2.24) is 4.90 Å². The van der Waals surface area contributed by atoms with Gasteiger partial charge in [0.25, 0.3) is 5.91 Å². The summed E-state index contributed by atoms with van der Waals surface area (Å²) in [5.41, 5.74) is 4.69. The smallest absolute Gasteiger partial charge is 0.253 e. The molecule has 1 N–H and O–H groups in total. The normalized spacial score (nSPS) is 19.3. The number of ether oxygens (including phenoxy) is 2. The number of hydrogen-bond acceptors (Lipinski definition) is 4. The minimum atomic E-state index is -0.300. The van der Waals surface area contributed by atoms with Gasteiger partial charge in [0, 0.05) is 31.9 Å². The number of carbonyl (C=O) groups excluding carboxylic acids is 1. The molecule has 0 saturated carbocycles. The lowest BCUT2D eigenvalue weighted by molar-refractivity contribution is -0.124. The molecule has 1 unspecified atom stereocenters. The molecule has 4 rings (SSSR count). The number of nitrogens with zero attached hydrogens (tertiary/aromatic N) is 1. The average molecular weight is 392 g/mol. The molecule has 2 aromatic rings. The molecule has 1 saturated heterocycles. The quantitative estimate of drug-likeness (QED) is 0.811. The number of benzene rings is 2. The third-order valence-corrected chi connectivity index (χ3v) is 5.58. The second-order valence-corrected chi connectivity index (χ2v) is 7.64. The minimum Gasteiger partial charge on any atom is -0.497 e. The maximum absolute atomic E-state index is 12.3. The predicted octanol–water partition coefficient (Wildman–Crippen LogP) is 3.88. The molecule has 0 aliphatic carbocycles. The van der Waals surface area contributed by atoms with Gasteiger partial charge in [-0.2, -0.15) is 0 Å². The number of hydrogen-bond donors (Lipinski definition) is 1. The van der Waals surface area contributed by atoms with Gasteiger partial charge in [-0.25, -0.2) is 0 Å². The molecule has 1 fully saturated rings. The Kier molecular flexibility index (Phi) is 6.27. The predicted molar refractivity (Wildman–Crippen MR) is 115 cm³/mol. The Bertz CT molecular complexity index is 870. The minimum absolute atomic E-state index is 0.0301. The topological polar surface area (TPSA) is 50.8 Å². The molecule has 0 aromatic heterocycles. The van der Waals surface area contributed by atoms with Crippen LogP contribution in [0.15, 0.2) is 48.5 Å². The van der Waals surface area contributed by atoms with Gasteiger partial charge in [-0.3, -0.25) is 9.69 Å². The lowest BCUT2D eigenvalue weighted by atomic mass is 9.99. The van der Waals surface area contributed by atoms with Crippen LogP contribution >= 0.6 is 0 Å². The van der Waals surface area contributed by atoms with Gasteiger partial charge in [0.1, 0.15) is 11.9 Å². The number of carbonyl (C=O) groups is 1. The monoisotopic (exact) mass is 392 g/mol. The van der Waals surface area contributed by atoms with Crippen molar-refractivity contribution < 1.29 is 14.3 Å². The lowest BCUT2D eigenvalue weighted by Crippen LogP contribution is -2.31. The zero-order chi connectivity index (χ0) is 20.1. The van der Waals surface area contributed by atoms with E-state index in [9.17, 15) is 4.79 Å². The van der Waals surface area contributed by atoms with Crippen molar-refractivity contribution in [3.63, 3.8) is 0 Å². The van der Waals surface area contributed by atoms with Gasteiger partial charge < -0.3 is 14.8 Å². The number of nitrogens with one attached hydrogen (secondary N) is 1. The van der Waals surface area contributed by atoms with Crippen LogP contribution in [0.25, 0.3) is 6.08 Å². The fraction of sp³-hybridized carbons (Fsp3) is 0.375. The molecule has 2 aromatic carbocycles. The van der Waals surface area contributed by atoms with Crippen LogP contribution in [-0.4, -0.2) is 43.7 Å². The molecule has 2 heterocycles. The van der Waals surface area contributed by atoms with Gasteiger partial charge in [0.15, 0.2) is 0 Å². The summed E-state index contributed by atoms with van der Waals surface area (Å²) in [6, 6.07) is 14.3. The third-order valence-electron chi connectivity index (χ3n) is 5.58. The van der Waals surface area contributed by atoms with E-state index in [0.29, 0.717) is 6.61 Å². The summed E-state index contributed by atoms with van der Waals surface area (Å²) in [5.74, 6) is 0.842. The molecule has 0 spiro atoms. The van der Waals surface area contributed by atoms with Crippen molar-refractivity contribution in [3.8, 4) is 5.75 Å². The molecule has 152 valence electrons. The second-order valence-electron chi connectivity index (χ2n) is 7.64. The van der Waals surface area contributed by atoms with Crippen molar-refractivity contribution >= 4 is 17.7 Å². The fourth-order valence-corrected chi connectivity index (χ4v) is 3.91. The van der Waals surface area contributed by atoms with Gasteiger partial charge in [-0.1, -0.05) is 30.4 Å². The van der Waals surface area contributed by atoms with Crippen LogP contribution in [0.5, 0.6) is 5.75 Å². The molecule has 0 radical (unpaired) electrons. The zero-order valence-electron chi connectivity index (χ0n) is 16.9. The average Bonchev–Trinajstić information content (AvgIpc) is 3.29. The van der Waals surface area contributed by atoms with Crippen LogP contribution in [0.3, 0.4) is 0 Å². The van der Waals surface area contributed by atoms with E-state index in [-0.39, 0.29) is 12.0 Å². The number of anilines is 1. The maximum Gasteiger partial charge on any atom is 0.253 e. The number of fused-ring (bicyclic) bond motifs is 1. The first-order chi connectivity index (χ1) is 14.2. The Morgan fingerprint density at radius 2 is 2.10 bits per heavy atom. The third kappa shape index (κ3) is 5.05. The summed E-state index contributed by atoms with van der Waals surface area (Å²) in [4.78, 5) is 14.7.